The van der Waals surface area contributed by atoms with Gasteiger partial charge in [0.05, 0.1) is 5.69 Å². The Kier molecular flexibility index (Phi) is 7.49. The van der Waals surface area contributed by atoms with Gasteiger partial charge in [0.15, 0.2) is 5.96 Å². The maximum atomic E-state index is 5.61. The molecule has 0 unspecified atom stereocenters. The summed E-state index contributed by atoms with van der Waals surface area (Å²) in [6, 6.07) is 10.7. The normalized spacial score (nSPS) is 15.3. The average molecular weight is 468 g/mol. The van der Waals surface area contributed by atoms with E-state index in [9.17, 15) is 0 Å². The van der Waals surface area contributed by atoms with Crippen LogP contribution in [0.1, 0.15) is 42.7 Å². The average Bonchev–Trinajstić information content (AvgIpc) is 3.29. The van der Waals surface area contributed by atoms with Gasteiger partial charge in [-0.25, -0.2) is 9.98 Å². The molecule has 0 saturated heterocycles. The van der Waals surface area contributed by atoms with E-state index in [2.05, 4.69) is 57.9 Å². The summed E-state index contributed by atoms with van der Waals surface area (Å²) in [5.41, 5.74) is 2.71. The molecule has 26 heavy (non-hydrogen) atoms. The van der Waals surface area contributed by atoms with Crippen LogP contribution in [0, 0.1) is 19.3 Å². The third-order valence-corrected chi connectivity index (χ3v) is 4.80. The van der Waals surface area contributed by atoms with Crippen molar-refractivity contribution in [3.05, 3.63) is 53.2 Å². The van der Waals surface area contributed by atoms with Crippen LogP contribution in [0.15, 0.2) is 39.7 Å². The molecule has 6 heteroatoms. The summed E-state index contributed by atoms with van der Waals surface area (Å²) in [7, 11) is 0. The first-order valence-electron chi connectivity index (χ1n) is 9.09. The number of hydrogen-bond donors (Lipinski definition) is 2. The van der Waals surface area contributed by atoms with E-state index in [-0.39, 0.29) is 24.0 Å². The van der Waals surface area contributed by atoms with Gasteiger partial charge in [-0.15, -0.1) is 24.0 Å². The predicted octanol–water partition coefficient (Wildman–Crippen LogP) is 3.99. The minimum absolute atomic E-state index is 0. The maximum absolute atomic E-state index is 5.61. The molecule has 0 aliphatic heterocycles. The summed E-state index contributed by atoms with van der Waals surface area (Å²) in [5.74, 6) is 2.36. The highest BCUT2D eigenvalue weighted by atomic mass is 127. The van der Waals surface area contributed by atoms with Crippen LogP contribution in [-0.2, 0) is 13.0 Å². The summed E-state index contributed by atoms with van der Waals surface area (Å²) in [6.07, 6.45) is 3.66. The van der Waals surface area contributed by atoms with Crippen LogP contribution >= 0.6 is 24.0 Å². The summed E-state index contributed by atoms with van der Waals surface area (Å²) in [5, 5.41) is 6.81. The molecule has 1 saturated carbocycles. The number of aliphatic imine (C=N–C) groups is 1. The van der Waals surface area contributed by atoms with Crippen molar-refractivity contribution in [2.24, 2.45) is 10.4 Å². The highest BCUT2D eigenvalue weighted by Crippen LogP contribution is 2.47. The Morgan fingerprint density at radius 3 is 2.50 bits per heavy atom. The van der Waals surface area contributed by atoms with Crippen molar-refractivity contribution in [3.63, 3.8) is 0 Å². The molecule has 0 spiro atoms. The first kappa shape index (κ1) is 20.7. The zero-order valence-corrected chi connectivity index (χ0v) is 18.2. The Hall–Kier alpha value is -1.57. The standard InChI is InChI=1S/C20H28N4O.HI/c1-4-21-19(22-13-18-24-15(2)16(3)25-18)23-14-20(10-11-20)12-17-8-6-5-7-9-17;/h5-9H,4,10-14H2,1-3H3,(H2,21,22,23);1H. The molecule has 3 rings (SSSR count). The predicted molar refractivity (Wildman–Crippen MR) is 116 cm³/mol. The van der Waals surface area contributed by atoms with E-state index in [1.165, 1.54) is 18.4 Å². The van der Waals surface area contributed by atoms with Crippen LogP contribution in [0.5, 0.6) is 0 Å². The fraction of sp³-hybridized carbons (Fsp3) is 0.500. The molecule has 1 heterocycles. The first-order valence-corrected chi connectivity index (χ1v) is 9.09. The molecule has 142 valence electrons. The van der Waals surface area contributed by atoms with Crippen LogP contribution in [-0.4, -0.2) is 24.0 Å². The number of nitrogens with one attached hydrogen (secondary N) is 2. The van der Waals surface area contributed by atoms with E-state index in [0.717, 1.165) is 36.9 Å². The van der Waals surface area contributed by atoms with Gasteiger partial charge < -0.3 is 15.1 Å². The smallest absolute Gasteiger partial charge is 0.216 e. The van der Waals surface area contributed by atoms with Gasteiger partial charge >= 0.3 is 0 Å². The van der Waals surface area contributed by atoms with Gasteiger partial charge in [0.25, 0.3) is 0 Å². The van der Waals surface area contributed by atoms with Crippen molar-refractivity contribution in [2.45, 2.75) is 46.6 Å². The van der Waals surface area contributed by atoms with Crippen molar-refractivity contribution in [1.82, 2.24) is 15.6 Å². The highest BCUT2D eigenvalue weighted by Gasteiger charge is 2.42. The first-order chi connectivity index (χ1) is 12.1. The topological polar surface area (TPSA) is 62.5 Å². The molecule has 1 aliphatic rings. The monoisotopic (exact) mass is 468 g/mol. The largest absolute Gasteiger partial charge is 0.444 e. The number of aryl methyl sites for hydroxylation is 2. The van der Waals surface area contributed by atoms with Crippen molar-refractivity contribution < 1.29 is 4.42 Å². The van der Waals surface area contributed by atoms with Crippen molar-refractivity contribution in [1.29, 1.82) is 0 Å². The number of oxazole rings is 1. The number of nitrogens with zero attached hydrogens (tertiary/aromatic N) is 2. The molecule has 0 amide bonds. The van der Waals surface area contributed by atoms with Crippen LogP contribution in [0.25, 0.3) is 0 Å². The molecule has 0 radical (unpaired) electrons. The Morgan fingerprint density at radius 2 is 1.92 bits per heavy atom. The van der Waals surface area contributed by atoms with Gasteiger partial charge in [0.1, 0.15) is 12.3 Å². The van der Waals surface area contributed by atoms with E-state index in [1.54, 1.807) is 0 Å². The lowest BCUT2D eigenvalue weighted by atomic mass is 9.96. The molecule has 0 bridgehead atoms. The minimum atomic E-state index is 0. The van der Waals surface area contributed by atoms with E-state index in [1.807, 2.05) is 13.8 Å². The zero-order valence-electron chi connectivity index (χ0n) is 15.8. The molecule has 5 nitrogen and oxygen atoms in total. The molecule has 1 fully saturated rings. The Labute approximate surface area is 173 Å². The van der Waals surface area contributed by atoms with Crippen molar-refractivity contribution in [3.8, 4) is 0 Å². The van der Waals surface area contributed by atoms with E-state index < -0.39 is 0 Å². The summed E-state index contributed by atoms with van der Waals surface area (Å²) >= 11 is 0. The van der Waals surface area contributed by atoms with Crippen molar-refractivity contribution >= 4 is 29.9 Å². The van der Waals surface area contributed by atoms with Crippen molar-refractivity contribution in [2.75, 3.05) is 13.1 Å². The van der Waals surface area contributed by atoms with E-state index in [0.29, 0.717) is 17.9 Å². The molecule has 1 aromatic carbocycles. The second kappa shape index (κ2) is 9.39. The lowest BCUT2D eigenvalue weighted by Gasteiger charge is -2.18. The number of halogens is 1. The molecule has 0 atom stereocenters. The number of benzene rings is 1. The molecule has 1 aromatic heterocycles. The van der Waals surface area contributed by atoms with Crippen LogP contribution in [0.2, 0.25) is 0 Å². The second-order valence-electron chi connectivity index (χ2n) is 6.96. The van der Waals surface area contributed by atoms with Gasteiger partial charge in [-0.1, -0.05) is 30.3 Å². The summed E-state index contributed by atoms with van der Waals surface area (Å²) in [6.45, 7) is 8.19. The molecular weight excluding hydrogens is 439 g/mol. The molecular formula is C20H29IN4O. The molecule has 1 aliphatic carbocycles. The maximum Gasteiger partial charge on any atom is 0.216 e. The Morgan fingerprint density at radius 1 is 1.19 bits per heavy atom. The number of aromatic nitrogens is 1. The van der Waals surface area contributed by atoms with E-state index >= 15 is 0 Å². The molecule has 2 N–H and O–H groups in total. The Balaban J connectivity index is 0.00000243. The van der Waals surface area contributed by atoms with Crippen LogP contribution < -0.4 is 10.6 Å². The van der Waals surface area contributed by atoms with Crippen LogP contribution in [0.4, 0.5) is 0 Å². The number of rotatable bonds is 7. The lowest BCUT2D eigenvalue weighted by Crippen LogP contribution is -2.40. The van der Waals surface area contributed by atoms with Gasteiger partial charge in [-0.2, -0.15) is 0 Å². The highest BCUT2D eigenvalue weighted by molar-refractivity contribution is 14.0. The minimum Gasteiger partial charge on any atom is -0.444 e. The Bertz CT molecular complexity index is 703. The van der Waals surface area contributed by atoms with Gasteiger partial charge in [-0.05, 0) is 51.0 Å². The third-order valence-electron chi connectivity index (χ3n) is 4.80. The summed E-state index contributed by atoms with van der Waals surface area (Å²) in [4.78, 5) is 9.00. The number of hydrogen-bond acceptors (Lipinski definition) is 3. The third kappa shape index (κ3) is 5.72. The van der Waals surface area contributed by atoms with Gasteiger partial charge in [-0.3, -0.25) is 0 Å². The summed E-state index contributed by atoms with van der Waals surface area (Å²) < 4.78 is 5.61. The zero-order chi connectivity index (χ0) is 17.7. The van der Waals surface area contributed by atoms with E-state index in [4.69, 9.17) is 4.42 Å². The molecule has 2 aromatic rings. The fourth-order valence-corrected chi connectivity index (χ4v) is 2.99. The van der Waals surface area contributed by atoms with Gasteiger partial charge in [0.2, 0.25) is 5.89 Å². The van der Waals surface area contributed by atoms with Gasteiger partial charge in [0, 0.05) is 13.1 Å². The quantitative estimate of drug-likeness (QED) is 0.367. The second-order valence-corrected chi connectivity index (χ2v) is 6.96. The lowest BCUT2D eigenvalue weighted by molar-refractivity contribution is 0.470. The number of guanidine groups is 1. The SMILES string of the molecule is CCNC(=NCc1nc(C)c(C)o1)NCC1(Cc2ccccc2)CC1.I. The fourth-order valence-electron chi connectivity index (χ4n) is 2.99. The van der Waals surface area contributed by atoms with Crippen LogP contribution in [0.3, 0.4) is 0 Å².